The van der Waals surface area contributed by atoms with Crippen LogP contribution < -0.4 is 0 Å². The minimum absolute atomic E-state index is 0.0987. The van der Waals surface area contributed by atoms with Gasteiger partial charge in [0, 0.05) is 19.3 Å². The molecule has 0 aliphatic carbocycles. The highest BCUT2D eigenvalue weighted by molar-refractivity contribution is 5.71. The van der Waals surface area contributed by atoms with Gasteiger partial charge in [-0.1, -0.05) is 235 Å². The highest BCUT2D eigenvalue weighted by atomic mass is 16.6. The van der Waals surface area contributed by atoms with Gasteiger partial charge in [0.25, 0.3) is 0 Å². The Bertz CT molecular complexity index is 1230. The summed E-state index contributed by atoms with van der Waals surface area (Å²) in [4.78, 5) is 38.0. The maximum absolute atomic E-state index is 12.8. The van der Waals surface area contributed by atoms with Gasteiger partial charge in [-0.15, -0.1) is 0 Å². The van der Waals surface area contributed by atoms with Crippen LogP contribution in [-0.2, 0) is 28.6 Å². The fourth-order valence-electron chi connectivity index (χ4n) is 7.59. The molecule has 0 aliphatic heterocycles. The van der Waals surface area contributed by atoms with Crippen molar-refractivity contribution in [2.24, 2.45) is 0 Å². The van der Waals surface area contributed by atoms with Crippen LogP contribution in [0.2, 0.25) is 0 Å². The number of esters is 3. The summed E-state index contributed by atoms with van der Waals surface area (Å²) in [5.74, 6) is -0.961. The van der Waals surface area contributed by atoms with E-state index in [1.807, 2.05) is 0 Å². The lowest BCUT2D eigenvalue weighted by Gasteiger charge is -2.18. The zero-order valence-electron chi connectivity index (χ0n) is 42.7. The van der Waals surface area contributed by atoms with E-state index in [0.29, 0.717) is 19.3 Å². The minimum Gasteiger partial charge on any atom is -0.462 e. The summed E-state index contributed by atoms with van der Waals surface area (Å²) in [7, 11) is 0. The number of rotatable bonds is 49. The van der Waals surface area contributed by atoms with Crippen molar-refractivity contribution in [3.63, 3.8) is 0 Å². The average Bonchev–Trinajstić information content (AvgIpc) is 3.30. The number of carbonyl (C=O) groups excluding carboxylic acids is 3. The van der Waals surface area contributed by atoms with E-state index in [-0.39, 0.29) is 37.5 Å². The Labute approximate surface area is 402 Å². The van der Waals surface area contributed by atoms with Crippen LogP contribution >= 0.6 is 0 Å². The topological polar surface area (TPSA) is 78.9 Å². The summed E-state index contributed by atoms with van der Waals surface area (Å²) in [6.07, 6.45) is 67.5. The summed E-state index contributed by atoms with van der Waals surface area (Å²) in [5, 5.41) is 0. The Balaban J connectivity index is 4.45. The van der Waals surface area contributed by atoms with Crippen molar-refractivity contribution in [3.05, 3.63) is 72.9 Å². The van der Waals surface area contributed by atoms with Gasteiger partial charge in [0.1, 0.15) is 13.2 Å². The Kier molecular flexibility index (Phi) is 50.9. The number of allylic oxidation sites excluding steroid dienone is 12. The molecule has 0 aromatic carbocycles. The summed E-state index contributed by atoms with van der Waals surface area (Å²) >= 11 is 0. The first-order chi connectivity index (χ1) is 32.0. The number of ether oxygens (including phenoxy) is 3. The minimum atomic E-state index is -0.806. The van der Waals surface area contributed by atoms with Crippen molar-refractivity contribution in [3.8, 4) is 0 Å². The van der Waals surface area contributed by atoms with Gasteiger partial charge in [-0.25, -0.2) is 0 Å². The summed E-state index contributed by atoms with van der Waals surface area (Å²) in [6, 6.07) is 0. The van der Waals surface area contributed by atoms with Crippen LogP contribution in [0.5, 0.6) is 0 Å². The molecule has 0 saturated carbocycles. The van der Waals surface area contributed by atoms with E-state index < -0.39 is 6.10 Å². The molecule has 0 amide bonds. The van der Waals surface area contributed by atoms with Crippen molar-refractivity contribution in [2.75, 3.05) is 13.2 Å². The second-order valence-corrected chi connectivity index (χ2v) is 18.1. The SMILES string of the molecule is CC/C=C\C/C=C\C/C=C\C/C=C\C/C=C\CCCC(=O)OC(COC(=O)CCCCCCC/C=C\CCCCCCCCCCC)COC(=O)CCCCCCCCCCCCCC. The molecule has 0 N–H and O–H groups in total. The molecule has 0 aromatic rings. The van der Waals surface area contributed by atoms with Crippen LogP contribution in [0.25, 0.3) is 0 Å². The monoisotopic (exact) mass is 907 g/mol. The van der Waals surface area contributed by atoms with Gasteiger partial charge < -0.3 is 14.2 Å². The van der Waals surface area contributed by atoms with Crippen LogP contribution in [0.1, 0.15) is 265 Å². The lowest BCUT2D eigenvalue weighted by Crippen LogP contribution is -2.30. The van der Waals surface area contributed by atoms with Crippen LogP contribution in [0.15, 0.2) is 72.9 Å². The summed E-state index contributed by atoms with van der Waals surface area (Å²) < 4.78 is 16.8. The third-order valence-electron chi connectivity index (χ3n) is 11.7. The number of hydrogen-bond acceptors (Lipinski definition) is 6. The molecule has 1 unspecified atom stereocenters. The lowest BCUT2D eigenvalue weighted by molar-refractivity contribution is -0.167. The number of hydrogen-bond donors (Lipinski definition) is 0. The van der Waals surface area contributed by atoms with Gasteiger partial charge in [-0.05, 0) is 83.5 Å². The molecule has 0 fully saturated rings. The fourth-order valence-corrected chi connectivity index (χ4v) is 7.59. The predicted molar refractivity (Wildman–Crippen MR) is 279 cm³/mol. The number of unbranched alkanes of at least 4 members (excludes halogenated alkanes) is 26. The Morgan fingerprint density at radius 3 is 1.00 bits per heavy atom. The molecule has 65 heavy (non-hydrogen) atoms. The van der Waals surface area contributed by atoms with Gasteiger partial charge in [0.2, 0.25) is 0 Å². The molecule has 0 aliphatic rings. The van der Waals surface area contributed by atoms with Crippen molar-refractivity contribution in [1.29, 1.82) is 0 Å². The molecule has 0 rings (SSSR count). The molecule has 6 nitrogen and oxygen atoms in total. The molecular formula is C59H102O6. The van der Waals surface area contributed by atoms with E-state index in [1.165, 1.54) is 135 Å². The Hall–Kier alpha value is -3.15. The van der Waals surface area contributed by atoms with Crippen molar-refractivity contribution >= 4 is 17.9 Å². The van der Waals surface area contributed by atoms with E-state index in [1.54, 1.807) is 0 Å². The van der Waals surface area contributed by atoms with Crippen molar-refractivity contribution < 1.29 is 28.6 Å². The first kappa shape index (κ1) is 61.9. The first-order valence-electron chi connectivity index (χ1n) is 27.4. The molecule has 0 aromatic heterocycles. The highest BCUT2D eigenvalue weighted by Crippen LogP contribution is 2.15. The van der Waals surface area contributed by atoms with Gasteiger partial charge >= 0.3 is 17.9 Å². The molecule has 6 heteroatoms. The van der Waals surface area contributed by atoms with Gasteiger partial charge in [0.15, 0.2) is 6.10 Å². The molecular weight excluding hydrogens is 805 g/mol. The zero-order valence-corrected chi connectivity index (χ0v) is 42.7. The molecule has 1 atom stereocenters. The van der Waals surface area contributed by atoms with Crippen LogP contribution in [-0.4, -0.2) is 37.2 Å². The summed E-state index contributed by atoms with van der Waals surface area (Å²) in [6.45, 7) is 6.48. The van der Waals surface area contributed by atoms with Gasteiger partial charge in [-0.2, -0.15) is 0 Å². The first-order valence-corrected chi connectivity index (χ1v) is 27.4. The smallest absolute Gasteiger partial charge is 0.306 e. The predicted octanol–water partition coefficient (Wildman–Crippen LogP) is 18.2. The fraction of sp³-hybridized carbons (Fsp3) is 0.746. The largest absolute Gasteiger partial charge is 0.462 e. The maximum Gasteiger partial charge on any atom is 0.306 e. The third kappa shape index (κ3) is 51.7. The van der Waals surface area contributed by atoms with Crippen LogP contribution in [0.4, 0.5) is 0 Å². The van der Waals surface area contributed by atoms with Crippen LogP contribution in [0, 0.1) is 0 Å². The second-order valence-electron chi connectivity index (χ2n) is 18.1. The maximum atomic E-state index is 12.8. The lowest BCUT2D eigenvalue weighted by atomic mass is 10.0. The quantitative estimate of drug-likeness (QED) is 0.0262. The zero-order chi connectivity index (χ0) is 47.2. The van der Waals surface area contributed by atoms with E-state index >= 15 is 0 Å². The van der Waals surface area contributed by atoms with Gasteiger partial charge in [-0.3, -0.25) is 14.4 Å². The molecule has 0 saturated heterocycles. The normalized spacial score (nSPS) is 12.6. The molecule has 0 bridgehead atoms. The Morgan fingerprint density at radius 1 is 0.323 bits per heavy atom. The Morgan fingerprint density at radius 2 is 0.615 bits per heavy atom. The van der Waals surface area contributed by atoms with E-state index in [4.69, 9.17) is 14.2 Å². The summed E-state index contributed by atoms with van der Waals surface area (Å²) in [5.41, 5.74) is 0. The number of carbonyl (C=O) groups is 3. The van der Waals surface area contributed by atoms with E-state index in [0.717, 1.165) is 83.5 Å². The van der Waals surface area contributed by atoms with E-state index in [9.17, 15) is 14.4 Å². The molecule has 0 heterocycles. The van der Waals surface area contributed by atoms with Crippen molar-refractivity contribution in [1.82, 2.24) is 0 Å². The molecule has 0 spiro atoms. The van der Waals surface area contributed by atoms with Crippen LogP contribution in [0.3, 0.4) is 0 Å². The second kappa shape index (κ2) is 53.5. The molecule has 374 valence electrons. The van der Waals surface area contributed by atoms with E-state index in [2.05, 4.69) is 93.7 Å². The third-order valence-corrected chi connectivity index (χ3v) is 11.7. The standard InChI is InChI=1S/C59H102O6/c1-4-7-10-13-16-19-22-25-27-29-31-32-34-37-40-43-46-49-52-58(61)64-55-56(54-63-57(60)51-48-45-42-39-36-24-21-18-15-12-9-6-3)65-59(62)53-50-47-44-41-38-35-33-30-28-26-23-20-17-14-11-8-5-2/h8,11,17,20,26,28,31-33,35,41,44,56H,4-7,9-10,12-16,18-19,21-25,27,29-30,34,36-40,42-43,45-55H2,1-3H3/b11-8-,20-17-,28-26-,32-31-,35-33-,44-41-. The van der Waals surface area contributed by atoms with Gasteiger partial charge in [0.05, 0.1) is 0 Å². The molecule has 0 radical (unpaired) electrons. The highest BCUT2D eigenvalue weighted by Gasteiger charge is 2.19. The average molecular weight is 907 g/mol. The van der Waals surface area contributed by atoms with Crippen molar-refractivity contribution in [2.45, 2.75) is 271 Å².